The summed E-state index contributed by atoms with van der Waals surface area (Å²) in [4.78, 5) is 36.7. The summed E-state index contributed by atoms with van der Waals surface area (Å²) in [6.45, 7) is 3.20. The largest absolute Gasteiger partial charge is 0.483 e. The van der Waals surface area contributed by atoms with E-state index in [9.17, 15) is 14.0 Å². The molecule has 8 nitrogen and oxygen atoms in total. The quantitative estimate of drug-likeness (QED) is 0.552. The summed E-state index contributed by atoms with van der Waals surface area (Å²) in [5, 5.41) is 2.89. The molecule has 1 aliphatic carbocycles. The first-order valence-corrected chi connectivity index (χ1v) is 10.8. The number of pyridine rings is 3. The summed E-state index contributed by atoms with van der Waals surface area (Å²) in [5.74, 6) is -1.12. The second-order valence-electron chi connectivity index (χ2n) is 8.28. The Bertz CT molecular complexity index is 1260. The molecule has 0 bridgehead atoms. The van der Waals surface area contributed by atoms with E-state index in [2.05, 4.69) is 25.2 Å². The summed E-state index contributed by atoms with van der Waals surface area (Å²) < 4.78 is 20.2. The molecule has 1 aliphatic heterocycles. The summed E-state index contributed by atoms with van der Waals surface area (Å²) in [6.07, 6.45) is 3.44. The molecule has 1 amide bonds. The highest BCUT2D eigenvalue weighted by atomic mass is 35.5. The number of nitrogens with zero attached hydrogens (tertiary/aromatic N) is 3. The zero-order valence-corrected chi connectivity index (χ0v) is 18.0. The summed E-state index contributed by atoms with van der Waals surface area (Å²) >= 11 is 5.85. The zero-order valence-electron chi connectivity index (χ0n) is 17.3. The Balaban J connectivity index is 1.20. The van der Waals surface area contributed by atoms with Crippen molar-refractivity contribution in [3.63, 3.8) is 0 Å². The van der Waals surface area contributed by atoms with E-state index in [0.717, 1.165) is 18.4 Å². The number of ether oxygens (including phenoxy) is 1. The fraction of sp³-hybridized carbons (Fsp3) is 0.364. The summed E-state index contributed by atoms with van der Waals surface area (Å²) in [7, 11) is 0. The fourth-order valence-corrected chi connectivity index (χ4v) is 3.85. The van der Waals surface area contributed by atoms with E-state index < -0.39 is 5.95 Å². The number of likely N-dealkylation sites (tertiary alicyclic amines) is 1. The molecule has 2 fully saturated rings. The van der Waals surface area contributed by atoms with Gasteiger partial charge < -0.3 is 15.0 Å². The SMILES string of the molecule is C[C@@H]1[C@@H](Oc2ccc(C(=O)NC3CC3)nc2F)CN1Cc1cnc2cc(Cl)c(=O)[nH]c2c1. The van der Waals surface area contributed by atoms with Crippen LogP contribution in [0, 0.1) is 5.95 Å². The van der Waals surface area contributed by atoms with Crippen molar-refractivity contribution in [1.82, 2.24) is 25.2 Å². The molecule has 2 N–H and O–H groups in total. The molecule has 5 rings (SSSR count). The number of halogens is 2. The van der Waals surface area contributed by atoms with E-state index >= 15 is 0 Å². The van der Waals surface area contributed by atoms with Gasteiger partial charge in [0.05, 0.1) is 11.0 Å². The highest BCUT2D eigenvalue weighted by Gasteiger charge is 2.37. The third kappa shape index (κ3) is 4.18. The molecule has 10 heteroatoms. The first kappa shape index (κ1) is 20.8. The Labute approximate surface area is 187 Å². The van der Waals surface area contributed by atoms with Crippen molar-refractivity contribution in [2.75, 3.05) is 6.54 Å². The fourth-order valence-electron chi connectivity index (χ4n) is 3.70. The number of H-pyrrole nitrogens is 1. The number of hydrogen-bond donors (Lipinski definition) is 2. The van der Waals surface area contributed by atoms with E-state index in [1.165, 1.54) is 12.1 Å². The normalized spacial score (nSPS) is 20.7. The lowest BCUT2D eigenvalue weighted by atomic mass is 10.00. The number of carbonyl (C=O) groups excluding carboxylic acids is 1. The first-order chi connectivity index (χ1) is 15.4. The van der Waals surface area contributed by atoms with Gasteiger partial charge in [-0.15, -0.1) is 0 Å². The molecule has 166 valence electrons. The number of aromatic nitrogens is 3. The Morgan fingerprint density at radius 3 is 2.91 bits per heavy atom. The maximum absolute atomic E-state index is 14.4. The molecule has 4 heterocycles. The molecule has 0 radical (unpaired) electrons. The molecule has 0 unspecified atom stereocenters. The molecule has 0 spiro atoms. The molecule has 3 aromatic rings. The molecule has 2 atom stereocenters. The van der Waals surface area contributed by atoms with E-state index in [1.807, 2.05) is 13.0 Å². The van der Waals surface area contributed by atoms with Gasteiger partial charge in [0, 0.05) is 31.4 Å². The van der Waals surface area contributed by atoms with Crippen LogP contribution < -0.4 is 15.6 Å². The van der Waals surface area contributed by atoms with Crippen molar-refractivity contribution in [2.24, 2.45) is 0 Å². The van der Waals surface area contributed by atoms with Crippen molar-refractivity contribution in [2.45, 2.75) is 44.5 Å². The molecule has 1 saturated heterocycles. The van der Waals surface area contributed by atoms with Crippen LogP contribution in [0.2, 0.25) is 5.02 Å². The molecule has 2 aliphatic rings. The third-order valence-corrected chi connectivity index (χ3v) is 6.14. The van der Waals surface area contributed by atoms with Gasteiger partial charge in [-0.05, 0) is 49.6 Å². The van der Waals surface area contributed by atoms with Crippen LogP contribution in [0.5, 0.6) is 5.75 Å². The van der Waals surface area contributed by atoms with Crippen LogP contribution in [0.3, 0.4) is 0 Å². The van der Waals surface area contributed by atoms with E-state index in [1.54, 1.807) is 12.3 Å². The summed E-state index contributed by atoms with van der Waals surface area (Å²) in [5.41, 5.74) is 1.87. The van der Waals surface area contributed by atoms with E-state index in [0.29, 0.717) is 24.1 Å². The summed E-state index contributed by atoms with van der Waals surface area (Å²) in [6, 6.07) is 6.56. The second-order valence-corrected chi connectivity index (χ2v) is 8.69. The minimum atomic E-state index is -0.791. The zero-order chi connectivity index (χ0) is 22.4. The molecular weight excluding hydrogens is 437 g/mol. The van der Waals surface area contributed by atoms with Gasteiger partial charge in [-0.2, -0.15) is 4.39 Å². The van der Waals surface area contributed by atoms with Crippen molar-refractivity contribution in [3.05, 3.63) is 63.0 Å². The minimum Gasteiger partial charge on any atom is -0.483 e. The Hall–Kier alpha value is -3.04. The number of fused-ring (bicyclic) bond motifs is 1. The van der Waals surface area contributed by atoms with Crippen LogP contribution >= 0.6 is 11.6 Å². The lowest BCUT2D eigenvalue weighted by Crippen LogP contribution is -2.60. The van der Waals surface area contributed by atoms with Gasteiger partial charge in [-0.1, -0.05) is 11.6 Å². The molecule has 3 aromatic heterocycles. The predicted molar refractivity (Wildman–Crippen MR) is 116 cm³/mol. The van der Waals surface area contributed by atoms with Crippen molar-refractivity contribution >= 4 is 28.5 Å². The molecule has 32 heavy (non-hydrogen) atoms. The van der Waals surface area contributed by atoms with Crippen LogP contribution in [0.4, 0.5) is 4.39 Å². The smallest absolute Gasteiger partial charge is 0.270 e. The van der Waals surface area contributed by atoms with E-state index in [-0.39, 0.29) is 46.1 Å². The maximum Gasteiger partial charge on any atom is 0.270 e. The van der Waals surface area contributed by atoms with Crippen LogP contribution in [-0.2, 0) is 6.54 Å². The third-order valence-electron chi connectivity index (χ3n) is 5.86. The van der Waals surface area contributed by atoms with Gasteiger partial charge in [0.1, 0.15) is 16.8 Å². The van der Waals surface area contributed by atoms with Crippen LogP contribution in [-0.4, -0.2) is 50.5 Å². The Morgan fingerprint density at radius 2 is 2.19 bits per heavy atom. The van der Waals surface area contributed by atoms with Gasteiger partial charge in [0.2, 0.25) is 0 Å². The number of amides is 1. The average molecular weight is 458 g/mol. The van der Waals surface area contributed by atoms with Crippen LogP contribution in [0.25, 0.3) is 11.0 Å². The molecule has 1 saturated carbocycles. The van der Waals surface area contributed by atoms with Crippen molar-refractivity contribution < 1.29 is 13.9 Å². The van der Waals surface area contributed by atoms with E-state index in [4.69, 9.17) is 16.3 Å². The lowest BCUT2D eigenvalue weighted by molar-refractivity contribution is -0.0433. The second kappa shape index (κ2) is 8.14. The number of rotatable bonds is 6. The van der Waals surface area contributed by atoms with Gasteiger partial charge in [0.15, 0.2) is 5.75 Å². The number of carbonyl (C=O) groups is 1. The van der Waals surface area contributed by atoms with Crippen LogP contribution in [0.1, 0.15) is 35.8 Å². The average Bonchev–Trinajstić information content (AvgIpc) is 3.58. The Morgan fingerprint density at radius 1 is 1.38 bits per heavy atom. The molecule has 0 aromatic carbocycles. The number of hydrogen-bond acceptors (Lipinski definition) is 6. The van der Waals surface area contributed by atoms with Crippen molar-refractivity contribution in [1.29, 1.82) is 0 Å². The first-order valence-electron chi connectivity index (χ1n) is 10.4. The highest BCUT2D eigenvalue weighted by molar-refractivity contribution is 6.30. The predicted octanol–water partition coefficient (Wildman–Crippen LogP) is 2.65. The standard InChI is InChI=1S/C22H21ClFN5O3/c1-11-19(32-18-5-4-15(27-20(18)24)22(31)26-13-2-3-13)10-29(11)9-12-6-17-16(25-8-12)7-14(23)21(30)28-17/h4-8,11,13,19H,2-3,9-10H2,1H3,(H,26,31)(H,28,30)/t11-,19+/m1/s1. The van der Waals surface area contributed by atoms with Gasteiger partial charge in [-0.25, -0.2) is 4.98 Å². The highest BCUT2D eigenvalue weighted by Crippen LogP contribution is 2.27. The topological polar surface area (TPSA) is 100 Å². The number of nitrogens with one attached hydrogen (secondary N) is 2. The van der Waals surface area contributed by atoms with Crippen molar-refractivity contribution in [3.8, 4) is 5.75 Å². The van der Waals surface area contributed by atoms with Gasteiger partial charge in [-0.3, -0.25) is 19.5 Å². The van der Waals surface area contributed by atoms with Gasteiger partial charge >= 0.3 is 0 Å². The minimum absolute atomic E-state index is 0.0336. The van der Waals surface area contributed by atoms with Crippen LogP contribution in [0.15, 0.2) is 35.3 Å². The Kier molecular flexibility index (Phi) is 5.30. The number of aromatic amines is 1. The maximum atomic E-state index is 14.4. The van der Waals surface area contributed by atoms with Gasteiger partial charge in [0.25, 0.3) is 17.4 Å². The monoisotopic (exact) mass is 457 g/mol. The molecular formula is C22H21ClFN5O3. The lowest BCUT2D eigenvalue weighted by Gasteiger charge is -2.45.